The fourth-order valence-corrected chi connectivity index (χ4v) is 2.52. The maximum Gasteiger partial charge on any atom is 0.144 e. The first-order chi connectivity index (χ1) is 6.09. The number of carbonyl (C=O) groups is 3. The monoisotopic (exact) mass is 180 g/mol. The highest BCUT2D eigenvalue weighted by Gasteiger charge is 2.48. The first-order valence-corrected chi connectivity index (χ1v) is 4.65. The molecule has 0 aromatic rings. The fraction of sp³-hybridized carbons (Fsp3) is 0.700. The van der Waals surface area contributed by atoms with Crippen LogP contribution in [0, 0.1) is 17.8 Å². The van der Waals surface area contributed by atoms with Gasteiger partial charge in [-0.3, -0.25) is 14.4 Å². The normalized spacial score (nSPS) is 38.1. The van der Waals surface area contributed by atoms with Crippen LogP contribution >= 0.6 is 0 Å². The second-order valence-electron chi connectivity index (χ2n) is 4.10. The Morgan fingerprint density at radius 1 is 1.15 bits per heavy atom. The summed E-state index contributed by atoms with van der Waals surface area (Å²) in [6.45, 7) is 1.54. The Hall–Kier alpha value is -0.990. The molecule has 2 fully saturated rings. The average Bonchev–Trinajstić information content (AvgIpc) is 2.55. The summed E-state index contributed by atoms with van der Waals surface area (Å²) in [6.07, 6.45) is 1.34. The van der Waals surface area contributed by atoms with E-state index in [-0.39, 0.29) is 41.5 Å². The lowest BCUT2D eigenvalue weighted by Crippen LogP contribution is -2.10. The quantitative estimate of drug-likeness (QED) is 0.560. The van der Waals surface area contributed by atoms with Crippen molar-refractivity contribution in [1.82, 2.24) is 0 Å². The van der Waals surface area contributed by atoms with E-state index < -0.39 is 0 Å². The van der Waals surface area contributed by atoms with Crippen molar-refractivity contribution in [3.05, 3.63) is 0 Å². The zero-order valence-electron chi connectivity index (χ0n) is 7.58. The SMILES string of the molecule is CC(=O)C1CC2C(=O)CC(=O)C2C1. The molecule has 0 heterocycles. The highest BCUT2D eigenvalue weighted by atomic mass is 16.2. The third-order valence-corrected chi connectivity index (χ3v) is 3.31. The van der Waals surface area contributed by atoms with E-state index >= 15 is 0 Å². The zero-order valence-corrected chi connectivity index (χ0v) is 7.58. The Kier molecular flexibility index (Phi) is 1.82. The number of carbonyl (C=O) groups excluding carboxylic acids is 3. The first kappa shape index (κ1) is 8.60. The molecule has 0 radical (unpaired) electrons. The number of hydrogen-bond acceptors (Lipinski definition) is 3. The van der Waals surface area contributed by atoms with Crippen molar-refractivity contribution >= 4 is 17.3 Å². The molecule has 2 atom stereocenters. The highest BCUT2D eigenvalue weighted by Crippen LogP contribution is 2.43. The van der Waals surface area contributed by atoms with Crippen molar-refractivity contribution in [2.24, 2.45) is 17.8 Å². The maximum absolute atomic E-state index is 11.3. The molecule has 0 aliphatic heterocycles. The van der Waals surface area contributed by atoms with Gasteiger partial charge in [-0.1, -0.05) is 0 Å². The Bertz CT molecular complexity index is 271. The standard InChI is InChI=1S/C10H12O3/c1-5(11)6-2-7-8(3-6)10(13)4-9(7)12/h6-8H,2-4H2,1H3. The summed E-state index contributed by atoms with van der Waals surface area (Å²) in [5.74, 6) is -0.0569. The number of hydrogen-bond donors (Lipinski definition) is 0. The van der Waals surface area contributed by atoms with Crippen LogP contribution < -0.4 is 0 Å². The molecule has 0 aromatic carbocycles. The number of ketones is 3. The van der Waals surface area contributed by atoms with Gasteiger partial charge in [-0.25, -0.2) is 0 Å². The van der Waals surface area contributed by atoms with Crippen molar-refractivity contribution in [3.63, 3.8) is 0 Å². The Balaban J connectivity index is 2.17. The molecule has 2 saturated carbocycles. The van der Waals surface area contributed by atoms with Crippen LogP contribution in [0.15, 0.2) is 0 Å². The van der Waals surface area contributed by atoms with Gasteiger partial charge in [-0.05, 0) is 19.8 Å². The van der Waals surface area contributed by atoms with Crippen LogP contribution in [0.5, 0.6) is 0 Å². The van der Waals surface area contributed by atoms with E-state index in [2.05, 4.69) is 0 Å². The third-order valence-electron chi connectivity index (χ3n) is 3.31. The van der Waals surface area contributed by atoms with E-state index in [0.717, 1.165) is 0 Å². The molecule has 0 bridgehead atoms. The summed E-state index contributed by atoms with van der Waals surface area (Å²) < 4.78 is 0. The summed E-state index contributed by atoms with van der Waals surface area (Å²) >= 11 is 0. The molecule has 3 nitrogen and oxygen atoms in total. The Morgan fingerprint density at radius 3 is 2.00 bits per heavy atom. The maximum atomic E-state index is 11.3. The van der Waals surface area contributed by atoms with Gasteiger partial charge in [-0.15, -0.1) is 0 Å². The second kappa shape index (κ2) is 2.76. The van der Waals surface area contributed by atoms with Crippen molar-refractivity contribution in [1.29, 1.82) is 0 Å². The van der Waals surface area contributed by atoms with E-state index in [9.17, 15) is 14.4 Å². The molecule has 3 heteroatoms. The van der Waals surface area contributed by atoms with E-state index in [1.165, 1.54) is 0 Å². The minimum Gasteiger partial charge on any atom is -0.300 e. The molecule has 2 aliphatic rings. The van der Waals surface area contributed by atoms with E-state index in [1.54, 1.807) is 6.92 Å². The average molecular weight is 180 g/mol. The highest BCUT2D eigenvalue weighted by molar-refractivity contribution is 6.09. The lowest BCUT2D eigenvalue weighted by molar-refractivity contribution is -0.124. The largest absolute Gasteiger partial charge is 0.300 e. The van der Waals surface area contributed by atoms with Crippen LogP contribution in [0.3, 0.4) is 0 Å². The zero-order chi connectivity index (χ0) is 9.59. The molecule has 2 unspecified atom stereocenters. The van der Waals surface area contributed by atoms with Crippen LogP contribution in [0.2, 0.25) is 0 Å². The lowest BCUT2D eigenvalue weighted by Gasteiger charge is -2.03. The van der Waals surface area contributed by atoms with Crippen LogP contribution in [0.1, 0.15) is 26.2 Å². The Morgan fingerprint density at radius 2 is 1.62 bits per heavy atom. The number of fused-ring (bicyclic) bond motifs is 1. The minimum absolute atomic E-state index is 0.0387. The molecular weight excluding hydrogens is 168 g/mol. The van der Waals surface area contributed by atoms with Gasteiger partial charge < -0.3 is 0 Å². The molecule has 0 saturated heterocycles. The van der Waals surface area contributed by atoms with Gasteiger partial charge in [0.1, 0.15) is 17.3 Å². The van der Waals surface area contributed by atoms with E-state index in [1.807, 2.05) is 0 Å². The van der Waals surface area contributed by atoms with Crippen molar-refractivity contribution < 1.29 is 14.4 Å². The molecule has 13 heavy (non-hydrogen) atoms. The smallest absolute Gasteiger partial charge is 0.144 e. The van der Waals surface area contributed by atoms with Crippen LogP contribution in [0.25, 0.3) is 0 Å². The molecule has 2 aliphatic carbocycles. The predicted octanol–water partition coefficient (Wildman–Crippen LogP) is 0.760. The molecule has 0 spiro atoms. The van der Waals surface area contributed by atoms with Gasteiger partial charge in [0.15, 0.2) is 0 Å². The first-order valence-electron chi connectivity index (χ1n) is 4.65. The van der Waals surface area contributed by atoms with Gasteiger partial charge >= 0.3 is 0 Å². The van der Waals surface area contributed by atoms with Crippen LogP contribution in [-0.2, 0) is 14.4 Å². The van der Waals surface area contributed by atoms with Gasteiger partial charge in [0.25, 0.3) is 0 Å². The molecule has 0 N–H and O–H groups in total. The van der Waals surface area contributed by atoms with Gasteiger partial charge in [0, 0.05) is 17.8 Å². The molecule has 2 rings (SSSR count). The third kappa shape index (κ3) is 1.23. The fourth-order valence-electron chi connectivity index (χ4n) is 2.52. The minimum atomic E-state index is -0.124. The second-order valence-corrected chi connectivity index (χ2v) is 4.10. The number of Topliss-reactive ketones (excluding diaryl/α,β-unsaturated/α-hetero) is 3. The van der Waals surface area contributed by atoms with Crippen LogP contribution in [0.4, 0.5) is 0 Å². The van der Waals surface area contributed by atoms with Crippen molar-refractivity contribution in [2.45, 2.75) is 26.2 Å². The lowest BCUT2D eigenvalue weighted by atomic mass is 9.99. The van der Waals surface area contributed by atoms with E-state index in [0.29, 0.717) is 12.8 Å². The molecule has 0 aromatic heterocycles. The number of rotatable bonds is 1. The van der Waals surface area contributed by atoms with Crippen molar-refractivity contribution in [2.75, 3.05) is 0 Å². The predicted molar refractivity (Wildman–Crippen MR) is 45.0 cm³/mol. The molecular formula is C10H12O3. The molecule has 70 valence electrons. The summed E-state index contributed by atoms with van der Waals surface area (Å²) in [4.78, 5) is 33.7. The summed E-state index contributed by atoms with van der Waals surface area (Å²) in [7, 11) is 0. The van der Waals surface area contributed by atoms with Crippen LogP contribution in [-0.4, -0.2) is 17.3 Å². The van der Waals surface area contributed by atoms with Gasteiger partial charge in [0.2, 0.25) is 0 Å². The summed E-state index contributed by atoms with van der Waals surface area (Å²) in [5.41, 5.74) is 0. The Labute approximate surface area is 76.5 Å². The van der Waals surface area contributed by atoms with E-state index in [4.69, 9.17) is 0 Å². The van der Waals surface area contributed by atoms with Gasteiger partial charge in [-0.2, -0.15) is 0 Å². The summed E-state index contributed by atoms with van der Waals surface area (Å²) in [5, 5.41) is 0. The summed E-state index contributed by atoms with van der Waals surface area (Å²) in [6, 6.07) is 0. The topological polar surface area (TPSA) is 51.2 Å². The van der Waals surface area contributed by atoms with Crippen molar-refractivity contribution in [3.8, 4) is 0 Å². The van der Waals surface area contributed by atoms with Gasteiger partial charge in [0.05, 0.1) is 6.42 Å². The molecule has 0 amide bonds.